The molecule has 62 valence electrons. The Bertz CT molecular complexity index is 152. The monoisotopic (exact) mass is 216 g/mol. The second-order valence-electron chi connectivity index (χ2n) is 4.31. The summed E-state index contributed by atoms with van der Waals surface area (Å²) in [4.78, 5) is 0.676. The van der Waals surface area contributed by atoms with Crippen LogP contribution >= 0.6 is 15.9 Å². The quantitative estimate of drug-likeness (QED) is 0.566. The molecule has 2 saturated heterocycles. The van der Waals surface area contributed by atoms with Gasteiger partial charge in [-0.15, -0.1) is 0 Å². The second-order valence-corrected chi connectivity index (χ2v) is 5.37. The van der Waals surface area contributed by atoms with Gasteiger partial charge in [-0.1, -0.05) is 15.9 Å². The van der Waals surface area contributed by atoms with E-state index in [1.165, 1.54) is 25.7 Å². The summed E-state index contributed by atoms with van der Waals surface area (Å²) in [5, 5.41) is 0. The van der Waals surface area contributed by atoms with E-state index in [1.54, 1.807) is 0 Å². The lowest BCUT2D eigenvalue weighted by molar-refractivity contribution is -0.148. The number of ether oxygens (including phenoxy) is 1. The third-order valence-electron chi connectivity index (χ3n) is 3.54. The molecule has 0 spiro atoms. The van der Waals surface area contributed by atoms with Crippen molar-refractivity contribution in [3.05, 3.63) is 0 Å². The molecule has 2 aliphatic heterocycles. The van der Waals surface area contributed by atoms with Crippen molar-refractivity contribution < 1.29 is 4.74 Å². The summed E-state index contributed by atoms with van der Waals surface area (Å²) in [5.41, 5.74) is 0. The van der Waals surface area contributed by atoms with Crippen LogP contribution in [-0.2, 0) is 4.74 Å². The SMILES string of the molecule is BrC1C2CC3CC(C2)OC1C3. The maximum atomic E-state index is 5.89. The van der Waals surface area contributed by atoms with Gasteiger partial charge >= 0.3 is 0 Å². The average molecular weight is 217 g/mol. The summed E-state index contributed by atoms with van der Waals surface area (Å²) in [5.74, 6) is 1.94. The first-order valence-corrected chi connectivity index (χ1v) is 5.54. The van der Waals surface area contributed by atoms with Crippen LogP contribution in [0.15, 0.2) is 0 Å². The van der Waals surface area contributed by atoms with E-state index in [4.69, 9.17) is 4.74 Å². The van der Waals surface area contributed by atoms with Crippen molar-refractivity contribution in [1.82, 2.24) is 0 Å². The van der Waals surface area contributed by atoms with E-state index < -0.39 is 0 Å². The van der Waals surface area contributed by atoms with Gasteiger partial charge < -0.3 is 4.74 Å². The van der Waals surface area contributed by atoms with Gasteiger partial charge in [-0.25, -0.2) is 0 Å². The molecule has 1 nitrogen and oxygen atoms in total. The number of alkyl halides is 1. The molecular weight excluding hydrogens is 204 g/mol. The third-order valence-corrected chi connectivity index (χ3v) is 4.87. The van der Waals surface area contributed by atoms with Crippen molar-refractivity contribution in [2.75, 3.05) is 0 Å². The van der Waals surface area contributed by atoms with Crippen LogP contribution in [0.3, 0.4) is 0 Å². The largest absolute Gasteiger partial charge is 0.374 e. The van der Waals surface area contributed by atoms with Crippen LogP contribution in [0.5, 0.6) is 0 Å². The lowest BCUT2D eigenvalue weighted by Gasteiger charge is -2.52. The van der Waals surface area contributed by atoms with Crippen LogP contribution in [0.25, 0.3) is 0 Å². The molecule has 4 bridgehead atoms. The van der Waals surface area contributed by atoms with Crippen LogP contribution in [0, 0.1) is 11.8 Å². The molecule has 0 radical (unpaired) electrons. The first-order chi connectivity index (χ1) is 5.33. The third kappa shape index (κ3) is 0.919. The van der Waals surface area contributed by atoms with Crippen LogP contribution in [0.2, 0.25) is 0 Å². The summed E-state index contributed by atoms with van der Waals surface area (Å²) in [6.07, 6.45) is 6.66. The van der Waals surface area contributed by atoms with Gasteiger partial charge in [0.25, 0.3) is 0 Å². The van der Waals surface area contributed by atoms with E-state index >= 15 is 0 Å². The van der Waals surface area contributed by atoms with Gasteiger partial charge in [-0.2, -0.15) is 0 Å². The van der Waals surface area contributed by atoms with Crippen molar-refractivity contribution in [2.45, 2.75) is 42.7 Å². The standard InChI is InChI=1S/C9H13BrO/c10-9-6-1-5-2-7(4-6)11-8(9)3-5/h5-9H,1-4H2. The van der Waals surface area contributed by atoms with E-state index in [0.717, 1.165) is 11.8 Å². The van der Waals surface area contributed by atoms with Gasteiger partial charge in [0.05, 0.1) is 12.2 Å². The fourth-order valence-electron chi connectivity index (χ4n) is 3.13. The average Bonchev–Trinajstić information content (AvgIpc) is 1.98. The molecule has 5 atom stereocenters. The van der Waals surface area contributed by atoms with Gasteiger partial charge in [0.15, 0.2) is 0 Å². The Hall–Kier alpha value is 0.440. The highest BCUT2D eigenvalue weighted by Gasteiger charge is 2.48. The molecule has 5 unspecified atom stereocenters. The molecule has 0 aromatic carbocycles. The van der Waals surface area contributed by atoms with E-state index in [-0.39, 0.29) is 0 Å². The molecule has 4 aliphatic rings. The van der Waals surface area contributed by atoms with Crippen molar-refractivity contribution in [3.8, 4) is 0 Å². The van der Waals surface area contributed by atoms with E-state index in [9.17, 15) is 0 Å². The molecule has 4 fully saturated rings. The Balaban J connectivity index is 1.91. The van der Waals surface area contributed by atoms with Crippen LogP contribution < -0.4 is 0 Å². The summed E-state index contributed by atoms with van der Waals surface area (Å²) in [6.45, 7) is 0. The number of rotatable bonds is 0. The van der Waals surface area contributed by atoms with Gasteiger partial charge in [0.2, 0.25) is 0 Å². The van der Waals surface area contributed by atoms with Crippen molar-refractivity contribution in [3.63, 3.8) is 0 Å². The minimum atomic E-state index is 0.561. The highest BCUT2D eigenvalue weighted by Crippen LogP contribution is 2.50. The van der Waals surface area contributed by atoms with Crippen LogP contribution in [-0.4, -0.2) is 17.0 Å². The Morgan fingerprint density at radius 1 is 1.09 bits per heavy atom. The predicted octanol–water partition coefficient (Wildman–Crippen LogP) is 2.34. The van der Waals surface area contributed by atoms with Gasteiger partial charge in [-0.05, 0) is 37.5 Å². The summed E-state index contributed by atoms with van der Waals surface area (Å²) in [7, 11) is 0. The first-order valence-electron chi connectivity index (χ1n) is 4.62. The van der Waals surface area contributed by atoms with Gasteiger partial charge in [-0.3, -0.25) is 0 Å². The van der Waals surface area contributed by atoms with E-state index in [2.05, 4.69) is 15.9 Å². The Morgan fingerprint density at radius 3 is 2.73 bits per heavy atom. The van der Waals surface area contributed by atoms with Crippen LogP contribution in [0.4, 0.5) is 0 Å². The molecule has 2 aliphatic carbocycles. The molecule has 0 aromatic heterocycles. The molecule has 0 N–H and O–H groups in total. The second kappa shape index (κ2) is 2.23. The van der Waals surface area contributed by atoms with Crippen LogP contribution in [0.1, 0.15) is 25.7 Å². The topological polar surface area (TPSA) is 9.23 Å². The number of halogens is 1. The number of hydrogen-bond acceptors (Lipinski definition) is 1. The van der Waals surface area contributed by atoms with E-state index in [0.29, 0.717) is 17.0 Å². The summed E-state index contributed by atoms with van der Waals surface area (Å²) >= 11 is 3.75. The number of hydrogen-bond donors (Lipinski definition) is 0. The van der Waals surface area contributed by atoms with Gasteiger partial charge in [0, 0.05) is 4.83 Å². The normalized spacial score (nSPS) is 60.3. The van der Waals surface area contributed by atoms with Gasteiger partial charge in [0.1, 0.15) is 0 Å². The minimum Gasteiger partial charge on any atom is -0.374 e. The predicted molar refractivity (Wildman–Crippen MR) is 46.8 cm³/mol. The zero-order valence-corrected chi connectivity index (χ0v) is 8.09. The minimum absolute atomic E-state index is 0.561. The molecule has 2 saturated carbocycles. The molecule has 4 rings (SSSR count). The highest BCUT2D eigenvalue weighted by molar-refractivity contribution is 9.09. The molecule has 2 heterocycles. The van der Waals surface area contributed by atoms with Crippen molar-refractivity contribution >= 4 is 15.9 Å². The molecular formula is C9H13BrO. The molecule has 2 heteroatoms. The Kier molecular flexibility index (Phi) is 1.40. The summed E-state index contributed by atoms with van der Waals surface area (Å²) in [6, 6.07) is 0. The zero-order chi connectivity index (χ0) is 7.42. The smallest absolute Gasteiger partial charge is 0.0709 e. The molecule has 11 heavy (non-hydrogen) atoms. The molecule has 0 aromatic rings. The lowest BCUT2D eigenvalue weighted by atomic mass is 9.67. The van der Waals surface area contributed by atoms with Crippen molar-refractivity contribution in [2.24, 2.45) is 11.8 Å². The maximum Gasteiger partial charge on any atom is 0.0709 e. The zero-order valence-electron chi connectivity index (χ0n) is 6.50. The Morgan fingerprint density at radius 2 is 2.00 bits per heavy atom. The Labute approximate surface area is 75.6 Å². The van der Waals surface area contributed by atoms with E-state index in [1.807, 2.05) is 0 Å². The van der Waals surface area contributed by atoms with Crippen molar-refractivity contribution in [1.29, 1.82) is 0 Å². The summed E-state index contributed by atoms with van der Waals surface area (Å²) < 4.78 is 5.89. The fraction of sp³-hybridized carbons (Fsp3) is 1.00. The lowest BCUT2D eigenvalue weighted by Crippen LogP contribution is -2.52. The fourth-order valence-corrected chi connectivity index (χ4v) is 3.90. The maximum absolute atomic E-state index is 5.89. The molecule has 0 amide bonds. The first kappa shape index (κ1) is 6.90. The highest BCUT2D eigenvalue weighted by atomic mass is 79.9.